The summed E-state index contributed by atoms with van der Waals surface area (Å²) in [5.41, 5.74) is 0.705. The third-order valence-corrected chi connectivity index (χ3v) is 3.26. The molecule has 0 spiro atoms. The van der Waals surface area contributed by atoms with Gasteiger partial charge >= 0.3 is 0 Å². The third-order valence-electron chi connectivity index (χ3n) is 3.26. The normalized spacial score (nSPS) is 14.9. The quantitative estimate of drug-likeness (QED) is 0.836. The van der Waals surface area contributed by atoms with Crippen molar-refractivity contribution in [3.05, 3.63) is 29.6 Å². The Morgan fingerprint density at radius 3 is 2.85 bits per heavy atom. The Bertz CT molecular complexity index is 487. The van der Waals surface area contributed by atoms with E-state index in [1.165, 1.54) is 18.9 Å². The van der Waals surface area contributed by atoms with Crippen LogP contribution < -0.4 is 4.74 Å². The molecular formula is C16H20FNO2. The lowest BCUT2D eigenvalue weighted by Gasteiger charge is -2.15. The lowest BCUT2D eigenvalue weighted by atomic mass is 10.2. The number of nitrogens with zero attached hydrogens (tertiary/aromatic N) is 1. The highest BCUT2D eigenvalue weighted by molar-refractivity contribution is 5.40. The largest absolute Gasteiger partial charge is 0.489 e. The van der Waals surface area contributed by atoms with E-state index in [9.17, 15) is 4.39 Å². The van der Waals surface area contributed by atoms with Crippen LogP contribution in [-0.2, 0) is 0 Å². The second-order valence-corrected chi connectivity index (χ2v) is 4.82. The molecule has 0 radical (unpaired) electrons. The molecule has 4 heteroatoms. The van der Waals surface area contributed by atoms with Gasteiger partial charge in [0.05, 0.1) is 6.61 Å². The van der Waals surface area contributed by atoms with Gasteiger partial charge in [-0.25, -0.2) is 4.39 Å². The zero-order chi connectivity index (χ0) is 14.2. The number of likely N-dealkylation sites (tertiary alicyclic amines) is 1. The first-order chi connectivity index (χ1) is 9.79. The minimum atomic E-state index is -0.362. The van der Waals surface area contributed by atoms with Gasteiger partial charge in [0.25, 0.3) is 0 Å². The Labute approximate surface area is 119 Å². The topological polar surface area (TPSA) is 32.7 Å². The number of benzene rings is 1. The average Bonchev–Trinajstić information content (AvgIpc) is 2.95. The molecule has 0 unspecified atom stereocenters. The van der Waals surface area contributed by atoms with E-state index in [0.717, 1.165) is 19.6 Å². The smallest absolute Gasteiger partial charge is 0.165 e. The molecule has 1 heterocycles. The van der Waals surface area contributed by atoms with Gasteiger partial charge in [0.15, 0.2) is 11.6 Å². The fourth-order valence-electron chi connectivity index (χ4n) is 2.20. The Morgan fingerprint density at radius 1 is 1.30 bits per heavy atom. The summed E-state index contributed by atoms with van der Waals surface area (Å²) >= 11 is 0. The first-order valence-electron chi connectivity index (χ1n) is 7.04. The van der Waals surface area contributed by atoms with Crippen molar-refractivity contribution < 1.29 is 14.2 Å². The van der Waals surface area contributed by atoms with Crippen molar-refractivity contribution in [2.24, 2.45) is 0 Å². The summed E-state index contributed by atoms with van der Waals surface area (Å²) < 4.78 is 19.1. The molecule has 1 aliphatic rings. The first-order valence-corrected chi connectivity index (χ1v) is 7.04. The zero-order valence-corrected chi connectivity index (χ0v) is 11.6. The van der Waals surface area contributed by atoms with Crippen LogP contribution in [0.1, 0.15) is 24.8 Å². The molecule has 1 aromatic carbocycles. The highest BCUT2D eigenvalue weighted by Gasteiger charge is 2.11. The first kappa shape index (κ1) is 14.8. The van der Waals surface area contributed by atoms with E-state index in [2.05, 4.69) is 16.7 Å². The molecule has 20 heavy (non-hydrogen) atoms. The molecule has 0 aliphatic carbocycles. The summed E-state index contributed by atoms with van der Waals surface area (Å²) in [6.45, 7) is 3.58. The van der Waals surface area contributed by atoms with E-state index in [-0.39, 0.29) is 18.2 Å². The van der Waals surface area contributed by atoms with Crippen LogP contribution >= 0.6 is 0 Å². The molecule has 1 aromatic rings. The van der Waals surface area contributed by atoms with Crippen LogP contribution in [0.25, 0.3) is 0 Å². The van der Waals surface area contributed by atoms with Gasteiger partial charge in [-0.2, -0.15) is 0 Å². The number of hydrogen-bond acceptors (Lipinski definition) is 3. The Morgan fingerprint density at radius 2 is 2.10 bits per heavy atom. The molecule has 0 atom stereocenters. The number of aliphatic hydroxyl groups is 1. The molecule has 0 saturated carbocycles. The standard InChI is InChI=1S/C16H20FNO2/c17-15-7-6-14(5-1-4-11-19)13-16(15)20-12-10-18-8-2-3-9-18/h6-7,13,19H,2-4,8-12H2. The van der Waals surface area contributed by atoms with Crippen LogP contribution in [0.5, 0.6) is 5.75 Å². The second-order valence-electron chi connectivity index (χ2n) is 4.82. The minimum absolute atomic E-state index is 0.0351. The minimum Gasteiger partial charge on any atom is -0.489 e. The van der Waals surface area contributed by atoms with Crippen LogP contribution in [0.4, 0.5) is 4.39 Å². The van der Waals surface area contributed by atoms with Crippen molar-refractivity contribution in [3.63, 3.8) is 0 Å². The molecule has 1 aliphatic heterocycles. The summed E-state index contributed by atoms with van der Waals surface area (Å²) in [6.07, 6.45) is 2.90. The van der Waals surface area contributed by atoms with E-state index >= 15 is 0 Å². The maximum absolute atomic E-state index is 13.6. The SMILES string of the molecule is OCCC#Cc1ccc(F)c(OCCN2CCCC2)c1. The Kier molecular flexibility index (Phi) is 5.85. The van der Waals surface area contributed by atoms with Gasteiger partial charge in [0.2, 0.25) is 0 Å². The van der Waals surface area contributed by atoms with E-state index < -0.39 is 0 Å². The number of hydrogen-bond donors (Lipinski definition) is 1. The average molecular weight is 277 g/mol. The van der Waals surface area contributed by atoms with E-state index in [1.807, 2.05) is 0 Å². The van der Waals surface area contributed by atoms with Gasteiger partial charge in [-0.1, -0.05) is 11.8 Å². The summed E-state index contributed by atoms with van der Waals surface area (Å²) in [5, 5.41) is 8.67. The molecule has 0 bridgehead atoms. The predicted molar refractivity (Wildman–Crippen MR) is 76.1 cm³/mol. The van der Waals surface area contributed by atoms with Crippen LogP contribution in [0.15, 0.2) is 18.2 Å². The number of aliphatic hydroxyl groups excluding tert-OH is 1. The fraction of sp³-hybridized carbons (Fsp3) is 0.500. The van der Waals surface area contributed by atoms with Crippen molar-refractivity contribution in [1.29, 1.82) is 0 Å². The van der Waals surface area contributed by atoms with E-state index in [1.54, 1.807) is 12.1 Å². The van der Waals surface area contributed by atoms with Crippen molar-refractivity contribution in [3.8, 4) is 17.6 Å². The van der Waals surface area contributed by atoms with Crippen LogP contribution in [0.2, 0.25) is 0 Å². The highest BCUT2D eigenvalue weighted by Crippen LogP contribution is 2.18. The van der Waals surface area contributed by atoms with Crippen LogP contribution in [-0.4, -0.2) is 42.9 Å². The van der Waals surface area contributed by atoms with Crippen molar-refractivity contribution >= 4 is 0 Å². The van der Waals surface area contributed by atoms with Gasteiger partial charge in [-0.3, -0.25) is 4.90 Å². The second kappa shape index (κ2) is 7.88. The lowest BCUT2D eigenvalue weighted by molar-refractivity contribution is 0.231. The van der Waals surface area contributed by atoms with Crippen LogP contribution in [0, 0.1) is 17.7 Å². The molecule has 2 rings (SSSR count). The van der Waals surface area contributed by atoms with Gasteiger partial charge < -0.3 is 9.84 Å². The monoisotopic (exact) mass is 277 g/mol. The molecule has 108 valence electrons. The highest BCUT2D eigenvalue weighted by atomic mass is 19.1. The van der Waals surface area contributed by atoms with Gasteiger partial charge in [0, 0.05) is 18.5 Å². The number of ether oxygens (including phenoxy) is 1. The fourth-order valence-corrected chi connectivity index (χ4v) is 2.20. The summed E-state index contributed by atoms with van der Waals surface area (Å²) in [6, 6.07) is 4.60. The summed E-state index contributed by atoms with van der Waals surface area (Å²) in [4.78, 5) is 2.32. The van der Waals surface area contributed by atoms with Crippen LogP contribution in [0.3, 0.4) is 0 Å². The zero-order valence-electron chi connectivity index (χ0n) is 11.6. The summed E-state index contributed by atoms with van der Waals surface area (Å²) in [5.74, 6) is 5.58. The maximum Gasteiger partial charge on any atom is 0.165 e. The molecule has 0 amide bonds. The van der Waals surface area contributed by atoms with Gasteiger partial charge in [-0.05, 0) is 44.1 Å². The van der Waals surface area contributed by atoms with Crippen molar-refractivity contribution in [1.82, 2.24) is 4.90 Å². The Hall–Kier alpha value is -1.57. The predicted octanol–water partition coefficient (Wildman–Crippen LogP) is 2.03. The summed E-state index contributed by atoms with van der Waals surface area (Å²) in [7, 11) is 0. The molecule has 0 aromatic heterocycles. The van der Waals surface area contributed by atoms with E-state index in [0.29, 0.717) is 18.6 Å². The molecule has 3 nitrogen and oxygen atoms in total. The maximum atomic E-state index is 13.6. The lowest BCUT2D eigenvalue weighted by Crippen LogP contribution is -2.25. The number of rotatable bonds is 5. The molecule has 1 saturated heterocycles. The third kappa shape index (κ3) is 4.52. The molecule has 1 fully saturated rings. The van der Waals surface area contributed by atoms with Gasteiger partial charge in [-0.15, -0.1) is 0 Å². The molecular weight excluding hydrogens is 257 g/mol. The van der Waals surface area contributed by atoms with E-state index in [4.69, 9.17) is 9.84 Å². The molecule has 1 N–H and O–H groups in total. The van der Waals surface area contributed by atoms with Crippen molar-refractivity contribution in [2.45, 2.75) is 19.3 Å². The van der Waals surface area contributed by atoms with Gasteiger partial charge in [0.1, 0.15) is 6.61 Å². The number of halogens is 1. The van der Waals surface area contributed by atoms with Crippen molar-refractivity contribution in [2.75, 3.05) is 32.8 Å². The Balaban J connectivity index is 1.89.